The second kappa shape index (κ2) is 7.98. The predicted molar refractivity (Wildman–Crippen MR) is 99.4 cm³/mol. The Bertz CT molecular complexity index is 814. The van der Waals surface area contributed by atoms with Gasteiger partial charge in [-0.25, -0.2) is 4.98 Å². The smallest absolute Gasteiger partial charge is 0.251 e. The van der Waals surface area contributed by atoms with Crippen molar-refractivity contribution in [3.8, 4) is 0 Å². The molecule has 2 N–H and O–H groups in total. The van der Waals surface area contributed by atoms with Crippen molar-refractivity contribution in [3.63, 3.8) is 0 Å². The van der Waals surface area contributed by atoms with Crippen molar-refractivity contribution < 1.29 is 4.79 Å². The van der Waals surface area contributed by atoms with E-state index < -0.39 is 0 Å². The van der Waals surface area contributed by atoms with Gasteiger partial charge in [-0.1, -0.05) is 53.7 Å². The summed E-state index contributed by atoms with van der Waals surface area (Å²) in [6.07, 6.45) is 1.49. The highest BCUT2D eigenvalue weighted by Crippen LogP contribution is 2.19. The van der Waals surface area contributed by atoms with Crippen LogP contribution in [0, 0.1) is 6.92 Å². The quantitative estimate of drug-likeness (QED) is 0.660. The number of amides is 1. The SMILES string of the molecule is Cc1ccc(C(C)NC(=O)c2ccc(CSc3ncn[nH]3)cc2)cc1. The molecule has 1 atom stereocenters. The molecule has 1 aromatic heterocycles. The first-order chi connectivity index (χ1) is 12.1. The van der Waals surface area contributed by atoms with Crippen molar-refractivity contribution in [1.82, 2.24) is 20.5 Å². The lowest BCUT2D eigenvalue weighted by Crippen LogP contribution is -2.26. The molecular formula is C19H20N4OS. The Balaban J connectivity index is 1.57. The molecule has 0 saturated heterocycles. The van der Waals surface area contributed by atoms with Crippen LogP contribution in [-0.2, 0) is 5.75 Å². The molecule has 3 aromatic rings. The highest BCUT2D eigenvalue weighted by Gasteiger charge is 2.11. The highest BCUT2D eigenvalue weighted by molar-refractivity contribution is 7.98. The van der Waals surface area contributed by atoms with Crippen LogP contribution in [0.3, 0.4) is 0 Å². The molecule has 0 aliphatic heterocycles. The number of carbonyl (C=O) groups excluding carboxylic acids is 1. The summed E-state index contributed by atoms with van der Waals surface area (Å²) in [7, 11) is 0. The summed E-state index contributed by atoms with van der Waals surface area (Å²) in [6.45, 7) is 4.04. The van der Waals surface area contributed by atoms with Gasteiger partial charge in [0.1, 0.15) is 6.33 Å². The Morgan fingerprint density at radius 3 is 2.52 bits per heavy atom. The van der Waals surface area contributed by atoms with Crippen LogP contribution in [0.15, 0.2) is 60.0 Å². The van der Waals surface area contributed by atoms with Gasteiger partial charge in [0.2, 0.25) is 0 Å². The maximum Gasteiger partial charge on any atom is 0.251 e. The number of nitrogens with one attached hydrogen (secondary N) is 2. The summed E-state index contributed by atoms with van der Waals surface area (Å²) in [4.78, 5) is 16.5. The van der Waals surface area contributed by atoms with E-state index in [0.717, 1.165) is 22.0 Å². The van der Waals surface area contributed by atoms with E-state index in [0.29, 0.717) is 5.56 Å². The fourth-order valence-electron chi connectivity index (χ4n) is 2.39. The zero-order valence-electron chi connectivity index (χ0n) is 14.2. The second-order valence-electron chi connectivity index (χ2n) is 5.88. The summed E-state index contributed by atoms with van der Waals surface area (Å²) in [6, 6.07) is 15.8. The second-order valence-corrected chi connectivity index (χ2v) is 6.85. The molecule has 0 radical (unpaired) electrons. The minimum absolute atomic E-state index is 0.0326. The van der Waals surface area contributed by atoms with Gasteiger partial charge in [-0.2, -0.15) is 5.10 Å². The lowest BCUT2D eigenvalue weighted by Gasteiger charge is -2.15. The largest absolute Gasteiger partial charge is 0.346 e. The Hall–Kier alpha value is -2.60. The number of benzene rings is 2. The molecule has 0 spiro atoms. The van der Waals surface area contributed by atoms with Crippen molar-refractivity contribution in [3.05, 3.63) is 77.1 Å². The molecule has 25 heavy (non-hydrogen) atoms. The molecule has 1 amide bonds. The van der Waals surface area contributed by atoms with Gasteiger partial charge in [0.05, 0.1) is 6.04 Å². The predicted octanol–water partition coefficient (Wildman–Crippen LogP) is 3.90. The van der Waals surface area contributed by atoms with Crippen molar-refractivity contribution in [1.29, 1.82) is 0 Å². The van der Waals surface area contributed by atoms with Crippen LogP contribution in [0.25, 0.3) is 0 Å². The summed E-state index contributed by atoms with van der Waals surface area (Å²) in [5.41, 5.74) is 4.09. The molecule has 0 bridgehead atoms. The molecule has 0 saturated carbocycles. The standard InChI is InChI=1S/C19H20N4OS/c1-13-3-7-16(8-4-13)14(2)22-18(24)17-9-5-15(6-10-17)11-25-19-20-12-21-23-19/h3-10,12,14H,11H2,1-2H3,(H,22,24)(H,20,21,23). The van der Waals surface area contributed by atoms with E-state index in [2.05, 4.69) is 39.6 Å². The van der Waals surface area contributed by atoms with Gasteiger partial charge < -0.3 is 5.32 Å². The van der Waals surface area contributed by atoms with E-state index in [-0.39, 0.29) is 11.9 Å². The van der Waals surface area contributed by atoms with Gasteiger partial charge in [-0.15, -0.1) is 0 Å². The van der Waals surface area contributed by atoms with E-state index in [1.807, 2.05) is 43.3 Å². The van der Waals surface area contributed by atoms with Gasteiger partial charge in [0, 0.05) is 11.3 Å². The fourth-order valence-corrected chi connectivity index (χ4v) is 3.12. The van der Waals surface area contributed by atoms with Crippen molar-refractivity contribution in [2.45, 2.75) is 30.8 Å². The lowest BCUT2D eigenvalue weighted by molar-refractivity contribution is 0.0940. The summed E-state index contributed by atoms with van der Waals surface area (Å²) < 4.78 is 0. The summed E-state index contributed by atoms with van der Waals surface area (Å²) in [5.74, 6) is 0.708. The number of H-pyrrole nitrogens is 1. The van der Waals surface area contributed by atoms with Crippen LogP contribution in [0.5, 0.6) is 0 Å². The van der Waals surface area contributed by atoms with Crippen LogP contribution in [-0.4, -0.2) is 21.1 Å². The van der Waals surface area contributed by atoms with Crippen molar-refractivity contribution in [2.75, 3.05) is 0 Å². The summed E-state index contributed by atoms with van der Waals surface area (Å²) >= 11 is 1.57. The number of aromatic amines is 1. The topological polar surface area (TPSA) is 70.7 Å². The number of nitrogens with zero attached hydrogens (tertiary/aromatic N) is 2. The van der Waals surface area contributed by atoms with Crippen molar-refractivity contribution >= 4 is 17.7 Å². The normalized spacial score (nSPS) is 11.9. The maximum atomic E-state index is 12.4. The molecule has 1 heterocycles. The van der Waals surface area contributed by atoms with Gasteiger partial charge >= 0.3 is 0 Å². The number of carbonyl (C=O) groups is 1. The molecule has 0 fully saturated rings. The zero-order chi connectivity index (χ0) is 17.6. The van der Waals surface area contributed by atoms with Gasteiger partial charge in [0.15, 0.2) is 5.16 Å². The van der Waals surface area contributed by atoms with Gasteiger partial charge in [-0.05, 0) is 37.1 Å². The third kappa shape index (κ3) is 4.70. The van der Waals surface area contributed by atoms with Crippen molar-refractivity contribution in [2.24, 2.45) is 0 Å². The average molecular weight is 352 g/mol. The monoisotopic (exact) mass is 352 g/mol. The number of rotatable bonds is 6. The van der Waals surface area contributed by atoms with E-state index >= 15 is 0 Å². The van der Waals surface area contributed by atoms with Crippen LogP contribution in [0.4, 0.5) is 0 Å². The Labute approximate surface area is 151 Å². The fraction of sp³-hybridized carbons (Fsp3) is 0.211. The third-order valence-corrected chi connectivity index (χ3v) is 4.86. The molecule has 2 aromatic carbocycles. The number of hydrogen-bond acceptors (Lipinski definition) is 4. The molecule has 128 valence electrons. The third-order valence-electron chi connectivity index (χ3n) is 3.91. The minimum atomic E-state index is -0.0671. The highest BCUT2D eigenvalue weighted by atomic mass is 32.2. The molecule has 0 aliphatic rings. The van der Waals surface area contributed by atoms with E-state index in [4.69, 9.17) is 0 Å². The Kier molecular flexibility index (Phi) is 5.50. The maximum absolute atomic E-state index is 12.4. The number of hydrogen-bond donors (Lipinski definition) is 2. The van der Waals surface area contributed by atoms with Crippen LogP contribution >= 0.6 is 11.8 Å². The molecule has 3 rings (SSSR count). The first kappa shape index (κ1) is 17.2. The molecule has 0 aliphatic carbocycles. The Morgan fingerprint density at radius 1 is 1.16 bits per heavy atom. The first-order valence-corrected chi connectivity index (χ1v) is 9.05. The molecule has 1 unspecified atom stereocenters. The van der Waals surface area contributed by atoms with Gasteiger partial charge in [0.25, 0.3) is 5.91 Å². The Morgan fingerprint density at radius 2 is 1.88 bits per heavy atom. The van der Waals surface area contributed by atoms with Crippen LogP contribution in [0.2, 0.25) is 0 Å². The van der Waals surface area contributed by atoms with Gasteiger partial charge in [-0.3, -0.25) is 9.89 Å². The van der Waals surface area contributed by atoms with E-state index in [9.17, 15) is 4.79 Å². The average Bonchev–Trinajstić information content (AvgIpc) is 3.14. The zero-order valence-corrected chi connectivity index (χ0v) is 15.0. The minimum Gasteiger partial charge on any atom is -0.346 e. The number of aromatic nitrogens is 3. The number of thioether (sulfide) groups is 1. The van der Waals surface area contributed by atoms with Crippen LogP contribution < -0.4 is 5.32 Å². The van der Waals surface area contributed by atoms with Crippen LogP contribution in [0.1, 0.15) is 40.0 Å². The lowest BCUT2D eigenvalue weighted by atomic mass is 10.1. The molecule has 6 heteroatoms. The van der Waals surface area contributed by atoms with E-state index in [1.165, 1.54) is 11.9 Å². The first-order valence-electron chi connectivity index (χ1n) is 8.06. The number of aryl methyl sites for hydroxylation is 1. The molecular weight excluding hydrogens is 332 g/mol. The molecule has 5 nitrogen and oxygen atoms in total. The summed E-state index contributed by atoms with van der Waals surface area (Å²) in [5, 5.41) is 10.5. The van der Waals surface area contributed by atoms with E-state index in [1.54, 1.807) is 11.8 Å².